The molecule has 1 aromatic heterocycles. The van der Waals surface area contributed by atoms with Crippen molar-refractivity contribution in [1.29, 1.82) is 0 Å². The third kappa shape index (κ3) is 6.30. The Morgan fingerprint density at radius 3 is 2.58 bits per heavy atom. The van der Waals surface area contributed by atoms with Gasteiger partial charge in [-0.15, -0.1) is 23.2 Å². The van der Waals surface area contributed by atoms with Gasteiger partial charge in [0.2, 0.25) is 5.91 Å². The van der Waals surface area contributed by atoms with Crippen LogP contribution in [0, 0.1) is 0 Å². The number of hydrogen-bond acceptors (Lipinski definition) is 3. The van der Waals surface area contributed by atoms with Crippen LogP contribution in [0.4, 0.5) is 10.6 Å². The highest BCUT2D eigenvalue weighted by Crippen LogP contribution is 2.01. The normalized spacial score (nSPS) is 10.0. The summed E-state index contributed by atoms with van der Waals surface area (Å²) >= 11 is 10.9. The van der Waals surface area contributed by atoms with Crippen LogP contribution in [0.2, 0.25) is 0 Å². The summed E-state index contributed by atoms with van der Waals surface area (Å²) in [5.74, 6) is 0.861. The van der Waals surface area contributed by atoms with Gasteiger partial charge in [-0.05, 0) is 0 Å². The van der Waals surface area contributed by atoms with E-state index in [1.807, 2.05) is 0 Å². The first kappa shape index (κ1) is 15.6. The number of alkyl halides is 2. The van der Waals surface area contributed by atoms with Crippen molar-refractivity contribution < 1.29 is 9.59 Å². The summed E-state index contributed by atoms with van der Waals surface area (Å²) in [7, 11) is 0. The summed E-state index contributed by atoms with van der Waals surface area (Å²) in [5, 5.41) is 11.7. The molecule has 9 heteroatoms. The summed E-state index contributed by atoms with van der Waals surface area (Å²) in [6, 6.07) is 1.20. The third-order valence-electron chi connectivity index (χ3n) is 1.98. The van der Waals surface area contributed by atoms with Crippen molar-refractivity contribution in [3.63, 3.8) is 0 Å². The van der Waals surface area contributed by atoms with Gasteiger partial charge in [0.05, 0.1) is 0 Å². The van der Waals surface area contributed by atoms with Crippen molar-refractivity contribution in [1.82, 2.24) is 20.4 Å². The van der Waals surface area contributed by atoms with E-state index in [1.165, 1.54) is 4.68 Å². The number of rotatable bonds is 7. The van der Waals surface area contributed by atoms with E-state index in [9.17, 15) is 9.59 Å². The van der Waals surface area contributed by atoms with Crippen molar-refractivity contribution in [2.24, 2.45) is 0 Å². The topological polar surface area (TPSA) is 88.1 Å². The van der Waals surface area contributed by atoms with Crippen LogP contribution in [-0.2, 0) is 11.3 Å². The highest BCUT2D eigenvalue weighted by Gasteiger charge is 2.06. The molecule has 1 heterocycles. The Hall–Kier alpha value is -1.47. The maximum Gasteiger partial charge on any atom is 0.320 e. The van der Waals surface area contributed by atoms with Gasteiger partial charge in [-0.1, -0.05) is 0 Å². The molecule has 0 saturated carbocycles. The van der Waals surface area contributed by atoms with Crippen LogP contribution in [0.1, 0.15) is 0 Å². The van der Waals surface area contributed by atoms with Crippen molar-refractivity contribution in [3.05, 3.63) is 12.3 Å². The molecule has 0 saturated heterocycles. The molecule has 0 aliphatic rings. The van der Waals surface area contributed by atoms with Gasteiger partial charge in [-0.25, -0.2) is 4.79 Å². The maximum atomic E-state index is 11.4. The molecular formula is C10H15Cl2N5O2. The van der Waals surface area contributed by atoms with Crippen LogP contribution in [0.3, 0.4) is 0 Å². The lowest BCUT2D eigenvalue weighted by Crippen LogP contribution is -2.31. The monoisotopic (exact) mass is 307 g/mol. The van der Waals surface area contributed by atoms with Gasteiger partial charge in [0.15, 0.2) is 5.82 Å². The molecule has 0 spiro atoms. The molecule has 3 amide bonds. The van der Waals surface area contributed by atoms with E-state index in [-0.39, 0.29) is 12.5 Å². The minimum absolute atomic E-state index is 0.0713. The fourth-order valence-corrected chi connectivity index (χ4v) is 1.42. The molecule has 0 radical (unpaired) electrons. The van der Waals surface area contributed by atoms with Crippen LogP contribution in [0.25, 0.3) is 0 Å². The first-order valence-electron chi connectivity index (χ1n) is 5.62. The second kappa shape index (κ2) is 8.60. The first-order chi connectivity index (χ1) is 9.15. The molecule has 0 aliphatic carbocycles. The Labute approximate surface area is 120 Å². The zero-order chi connectivity index (χ0) is 14.1. The molecule has 0 atom stereocenters. The summed E-state index contributed by atoms with van der Waals surface area (Å²) in [6.45, 7) is 0.852. The zero-order valence-electron chi connectivity index (χ0n) is 10.2. The Morgan fingerprint density at radius 2 is 1.89 bits per heavy atom. The van der Waals surface area contributed by atoms with E-state index in [1.54, 1.807) is 12.3 Å². The molecule has 19 heavy (non-hydrogen) atoms. The van der Waals surface area contributed by atoms with Crippen molar-refractivity contribution >= 4 is 41.0 Å². The van der Waals surface area contributed by atoms with Gasteiger partial charge in [-0.3, -0.25) is 14.8 Å². The number of hydrogen-bond donors (Lipinski definition) is 3. The van der Waals surface area contributed by atoms with E-state index in [2.05, 4.69) is 21.0 Å². The lowest BCUT2D eigenvalue weighted by molar-refractivity contribution is -0.121. The first-order valence-corrected chi connectivity index (χ1v) is 6.69. The van der Waals surface area contributed by atoms with Gasteiger partial charge in [-0.2, -0.15) is 5.10 Å². The number of nitrogens with one attached hydrogen (secondary N) is 3. The molecule has 106 valence electrons. The molecule has 0 aliphatic heterocycles. The number of anilines is 1. The number of urea groups is 1. The molecule has 0 fully saturated rings. The van der Waals surface area contributed by atoms with Crippen molar-refractivity contribution in [3.8, 4) is 0 Å². The van der Waals surface area contributed by atoms with Crippen LogP contribution in [-0.4, -0.2) is 46.6 Å². The molecule has 3 N–H and O–H groups in total. The van der Waals surface area contributed by atoms with Gasteiger partial charge in [0, 0.05) is 37.1 Å². The summed E-state index contributed by atoms with van der Waals surface area (Å²) in [4.78, 5) is 22.7. The van der Waals surface area contributed by atoms with Crippen LogP contribution in [0.15, 0.2) is 12.3 Å². The van der Waals surface area contributed by atoms with Crippen LogP contribution >= 0.6 is 23.2 Å². The number of halogens is 2. The van der Waals surface area contributed by atoms with E-state index < -0.39 is 6.03 Å². The second-order valence-electron chi connectivity index (χ2n) is 3.51. The SMILES string of the molecule is O=C(Cn1ccc(NC(=O)NCCCl)n1)NCCCl. The van der Waals surface area contributed by atoms with E-state index in [0.29, 0.717) is 30.7 Å². The minimum atomic E-state index is -0.391. The van der Waals surface area contributed by atoms with E-state index >= 15 is 0 Å². The second-order valence-corrected chi connectivity index (χ2v) is 4.26. The molecule has 1 rings (SSSR count). The highest BCUT2D eigenvalue weighted by molar-refractivity contribution is 6.18. The van der Waals surface area contributed by atoms with Gasteiger partial charge in [0.25, 0.3) is 0 Å². The van der Waals surface area contributed by atoms with E-state index in [4.69, 9.17) is 23.2 Å². The fourth-order valence-electron chi connectivity index (χ4n) is 1.23. The number of carbonyl (C=O) groups is 2. The van der Waals surface area contributed by atoms with Crippen molar-refractivity contribution in [2.45, 2.75) is 6.54 Å². The summed E-state index contributed by atoms with van der Waals surface area (Å²) in [5.41, 5.74) is 0. The molecule has 7 nitrogen and oxygen atoms in total. The molecular weight excluding hydrogens is 293 g/mol. The van der Waals surface area contributed by atoms with Crippen LogP contribution < -0.4 is 16.0 Å². The Kier molecular flexibility index (Phi) is 7.06. The standard InChI is InChI=1S/C10H15Cl2N5O2/c11-2-4-13-9(18)7-17-6-1-8(16-17)15-10(19)14-5-3-12/h1,6H,2-5,7H2,(H,13,18)(H2,14,15,16,19). The molecule has 1 aromatic rings. The largest absolute Gasteiger partial charge is 0.353 e. The Morgan fingerprint density at radius 1 is 1.21 bits per heavy atom. The lowest BCUT2D eigenvalue weighted by Gasteiger charge is -2.04. The zero-order valence-corrected chi connectivity index (χ0v) is 11.7. The van der Waals surface area contributed by atoms with Gasteiger partial charge in [0.1, 0.15) is 6.54 Å². The minimum Gasteiger partial charge on any atom is -0.353 e. The lowest BCUT2D eigenvalue weighted by atomic mass is 10.5. The predicted molar refractivity (Wildman–Crippen MR) is 73.7 cm³/mol. The number of carbonyl (C=O) groups excluding carboxylic acids is 2. The van der Waals surface area contributed by atoms with Gasteiger partial charge >= 0.3 is 6.03 Å². The van der Waals surface area contributed by atoms with E-state index in [0.717, 1.165) is 0 Å². The van der Waals surface area contributed by atoms with Crippen molar-refractivity contribution in [2.75, 3.05) is 30.2 Å². The van der Waals surface area contributed by atoms with Gasteiger partial charge < -0.3 is 10.6 Å². The Balaban J connectivity index is 2.39. The average Bonchev–Trinajstić information content (AvgIpc) is 2.81. The smallest absolute Gasteiger partial charge is 0.320 e. The number of nitrogens with zero attached hydrogens (tertiary/aromatic N) is 2. The number of aromatic nitrogens is 2. The fraction of sp³-hybridized carbons (Fsp3) is 0.500. The third-order valence-corrected chi connectivity index (χ3v) is 2.36. The molecule has 0 aromatic carbocycles. The maximum absolute atomic E-state index is 11.4. The summed E-state index contributed by atoms with van der Waals surface area (Å²) in [6.07, 6.45) is 1.59. The molecule has 0 unspecified atom stereocenters. The quantitative estimate of drug-likeness (QED) is 0.645. The highest BCUT2D eigenvalue weighted by atomic mass is 35.5. The Bertz CT molecular complexity index is 387. The number of amides is 3. The predicted octanol–water partition coefficient (Wildman–Crippen LogP) is 0.598. The summed E-state index contributed by atoms with van der Waals surface area (Å²) < 4.78 is 1.42. The molecule has 0 bridgehead atoms. The average molecular weight is 308 g/mol. The van der Waals surface area contributed by atoms with Crippen LogP contribution in [0.5, 0.6) is 0 Å².